The minimum absolute atomic E-state index is 0.101. The number of nitro groups is 1. The Morgan fingerprint density at radius 2 is 2.11 bits per heavy atom. The van der Waals surface area contributed by atoms with Gasteiger partial charge >= 0.3 is 11.7 Å². The van der Waals surface area contributed by atoms with E-state index < -0.39 is 16.9 Å². The van der Waals surface area contributed by atoms with Gasteiger partial charge in [0.1, 0.15) is 6.04 Å². The van der Waals surface area contributed by atoms with Crippen molar-refractivity contribution in [3.63, 3.8) is 0 Å². The lowest BCUT2D eigenvalue weighted by Crippen LogP contribution is -2.34. The number of nitrogens with two attached hydrogens (primary N) is 2. The van der Waals surface area contributed by atoms with Crippen LogP contribution in [0.1, 0.15) is 12.8 Å². The van der Waals surface area contributed by atoms with Crippen LogP contribution in [0, 0.1) is 10.1 Å². The van der Waals surface area contributed by atoms with Crippen molar-refractivity contribution in [3.05, 3.63) is 34.4 Å². The predicted molar refractivity (Wildman–Crippen MR) is 65.0 cm³/mol. The van der Waals surface area contributed by atoms with Crippen LogP contribution in [0.4, 0.5) is 5.69 Å². The Morgan fingerprint density at radius 1 is 1.44 bits per heavy atom. The smallest absolute Gasteiger partial charge is 0.328 e. The number of benzene rings is 1. The standard InChI is InChI=1S/C11H15N3O4/c12-7-3-4-8(13)11(15)18-10-6-2-1-5-9(10)14(16)17/h1-2,5-6,8H,3-4,7,12-13H2/t8-/m1/s1. The molecule has 0 aliphatic carbocycles. The van der Waals surface area contributed by atoms with Gasteiger partial charge in [-0.05, 0) is 25.5 Å². The minimum atomic E-state index is -0.826. The molecule has 0 unspecified atom stereocenters. The highest BCUT2D eigenvalue weighted by Gasteiger charge is 2.20. The third-order valence-corrected chi connectivity index (χ3v) is 2.29. The highest BCUT2D eigenvalue weighted by molar-refractivity contribution is 5.78. The molecular formula is C11H15N3O4. The Morgan fingerprint density at radius 3 is 2.72 bits per heavy atom. The molecule has 7 heteroatoms. The normalized spacial score (nSPS) is 11.9. The van der Waals surface area contributed by atoms with Gasteiger partial charge in [0, 0.05) is 6.07 Å². The SMILES string of the molecule is NCCC[C@@H](N)C(=O)Oc1ccccc1[N+](=O)[O-]. The molecule has 1 atom stereocenters. The molecule has 18 heavy (non-hydrogen) atoms. The second-order valence-electron chi connectivity index (χ2n) is 3.68. The molecule has 0 saturated heterocycles. The van der Waals surface area contributed by atoms with Crippen LogP contribution >= 0.6 is 0 Å². The van der Waals surface area contributed by atoms with Crippen molar-refractivity contribution in [2.45, 2.75) is 18.9 Å². The third-order valence-electron chi connectivity index (χ3n) is 2.29. The van der Waals surface area contributed by atoms with E-state index in [2.05, 4.69) is 0 Å². The fraction of sp³-hybridized carbons (Fsp3) is 0.364. The zero-order valence-corrected chi connectivity index (χ0v) is 9.74. The number of hydrogen-bond acceptors (Lipinski definition) is 6. The largest absolute Gasteiger partial charge is 0.418 e. The van der Waals surface area contributed by atoms with Gasteiger partial charge in [0.2, 0.25) is 5.75 Å². The molecule has 0 radical (unpaired) electrons. The summed E-state index contributed by atoms with van der Waals surface area (Å²) < 4.78 is 4.92. The van der Waals surface area contributed by atoms with Crippen molar-refractivity contribution in [2.75, 3.05) is 6.54 Å². The molecule has 0 aromatic heterocycles. The molecule has 0 bridgehead atoms. The van der Waals surface area contributed by atoms with Crippen LogP contribution in [0.5, 0.6) is 5.75 Å². The number of nitro benzene ring substituents is 1. The van der Waals surface area contributed by atoms with Crippen LogP contribution in [0.25, 0.3) is 0 Å². The first-order valence-corrected chi connectivity index (χ1v) is 5.47. The lowest BCUT2D eigenvalue weighted by molar-refractivity contribution is -0.385. The summed E-state index contributed by atoms with van der Waals surface area (Å²) in [5.74, 6) is -0.798. The second-order valence-corrected chi connectivity index (χ2v) is 3.68. The molecule has 1 aromatic carbocycles. The molecule has 0 aliphatic heterocycles. The van der Waals surface area contributed by atoms with Crippen LogP contribution in [-0.4, -0.2) is 23.5 Å². The summed E-state index contributed by atoms with van der Waals surface area (Å²) in [7, 11) is 0. The Bertz CT molecular complexity index is 436. The molecule has 0 saturated carbocycles. The molecule has 0 amide bonds. The zero-order valence-electron chi connectivity index (χ0n) is 9.74. The Balaban J connectivity index is 2.72. The van der Waals surface area contributed by atoms with E-state index in [1.165, 1.54) is 18.2 Å². The van der Waals surface area contributed by atoms with Gasteiger partial charge in [-0.2, -0.15) is 0 Å². The number of nitrogens with zero attached hydrogens (tertiary/aromatic N) is 1. The maximum absolute atomic E-state index is 11.6. The molecule has 0 fully saturated rings. The first-order valence-electron chi connectivity index (χ1n) is 5.47. The Kier molecular flexibility index (Phi) is 5.22. The van der Waals surface area contributed by atoms with E-state index in [1.807, 2.05) is 0 Å². The van der Waals surface area contributed by atoms with Gasteiger partial charge in [-0.15, -0.1) is 0 Å². The third kappa shape index (κ3) is 3.79. The number of para-hydroxylation sites is 2. The second kappa shape index (κ2) is 6.67. The minimum Gasteiger partial charge on any atom is -0.418 e. The molecule has 98 valence electrons. The Labute approximate surface area is 104 Å². The summed E-state index contributed by atoms with van der Waals surface area (Å²) in [5, 5.41) is 10.7. The van der Waals surface area contributed by atoms with E-state index in [4.69, 9.17) is 16.2 Å². The van der Waals surface area contributed by atoms with Crippen molar-refractivity contribution in [3.8, 4) is 5.75 Å². The van der Waals surface area contributed by atoms with Crippen molar-refractivity contribution in [2.24, 2.45) is 11.5 Å². The number of rotatable bonds is 6. The lowest BCUT2D eigenvalue weighted by Gasteiger charge is -2.10. The molecular weight excluding hydrogens is 238 g/mol. The maximum Gasteiger partial charge on any atom is 0.328 e. The molecule has 7 nitrogen and oxygen atoms in total. The first kappa shape index (κ1) is 14.1. The fourth-order valence-corrected chi connectivity index (χ4v) is 1.33. The number of carbonyl (C=O) groups is 1. The van der Waals surface area contributed by atoms with Gasteiger partial charge in [0.15, 0.2) is 0 Å². The number of carbonyl (C=O) groups excluding carboxylic acids is 1. The van der Waals surface area contributed by atoms with Crippen molar-refractivity contribution >= 4 is 11.7 Å². The topological polar surface area (TPSA) is 121 Å². The van der Waals surface area contributed by atoms with Gasteiger partial charge < -0.3 is 16.2 Å². The fourth-order valence-electron chi connectivity index (χ4n) is 1.33. The molecule has 4 N–H and O–H groups in total. The summed E-state index contributed by atoms with van der Waals surface area (Å²) in [6.45, 7) is 0.423. The van der Waals surface area contributed by atoms with E-state index >= 15 is 0 Å². The van der Waals surface area contributed by atoms with Crippen molar-refractivity contribution in [1.29, 1.82) is 0 Å². The number of ether oxygens (including phenoxy) is 1. The molecule has 0 aliphatic rings. The van der Waals surface area contributed by atoms with E-state index in [0.29, 0.717) is 19.4 Å². The monoisotopic (exact) mass is 253 g/mol. The molecule has 0 spiro atoms. The van der Waals surface area contributed by atoms with Gasteiger partial charge in [-0.25, -0.2) is 4.79 Å². The van der Waals surface area contributed by atoms with E-state index in [9.17, 15) is 14.9 Å². The van der Waals surface area contributed by atoms with Crippen LogP contribution in [0.2, 0.25) is 0 Å². The molecule has 0 heterocycles. The first-order chi connectivity index (χ1) is 8.56. The van der Waals surface area contributed by atoms with E-state index in [1.54, 1.807) is 6.07 Å². The Hall–Kier alpha value is -1.99. The molecule has 1 aromatic rings. The van der Waals surface area contributed by atoms with Crippen LogP contribution in [0.3, 0.4) is 0 Å². The lowest BCUT2D eigenvalue weighted by atomic mass is 10.2. The predicted octanol–water partition coefficient (Wildman–Crippen LogP) is 0.566. The quantitative estimate of drug-likeness (QED) is 0.331. The summed E-state index contributed by atoms with van der Waals surface area (Å²) in [6.07, 6.45) is 0.975. The van der Waals surface area contributed by atoms with Crippen LogP contribution < -0.4 is 16.2 Å². The highest BCUT2D eigenvalue weighted by Crippen LogP contribution is 2.26. The average Bonchev–Trinajstić information content (AvgIpc) is 2.36. The van der Waals surface area contributed by atoms with Gasteiger partial charge in [0.05, 0.1) is 4.92 Å². The summed E-state index contributed by atoms with van der Waals surface area (Å²) in [4.78, 5) is 21.7. The van der Waals surface area contributed by atoms with Crippen LogP contribution in [0.15, 0.2) is 24.3 Å². The highest BCUT2D eigenvalue weighted by atomic mass is 16.6. The van der Waals surface area contributed by atoms with Gasteiger partial charge in [0.25, 0.3) is 0 Å². The van der Waals surface area contributed by atoms with E-state index in [0.717, 1.165) is 0 Å². The maximum atomic E-state index is 11.6. The number of hydrogen-bond donors (Lipinski definition) is 2. The summed E-state index contributed by atoms with van der Waals surface area (Å²) in [5.41, 5.74) is 10.6. The van der Waals surface area contributed by atoms with Gasteiger partial charge in [-0.3, -0.25) is 10.1 Å². The molecule has 1 rings (SSSR count). The summed E-state index contributed by atoms with van der Waals surface area (Å²) >= 11 is 0. The van der Waals surface area contributed by atoms with E-state index in [-0.39, 0.29) is 11.4 Å². The average molecular weight is 253 g/mol. The van der Waals surface area contributed by atoms with Gasteiger partial charge in [-0.1, -0.05) is 12.1 Å². The van der Waals surface area contributed by atoms with Crippen LogP contribution in [-0.2, 0) is 4.79 Å². The van der Waals surface area contributed by atoms with Crippen molar-refractivity contribution in [1.82, 2.24) is 0 Å². The number of esters is 1. The zero-order chi connectivity index (χ0) is 13.5. The van der Waals surface area contributed by atoms with Crippen molar-refractivity contribution < 1.29 is 14.5 Å². The summed E-state index contributed by atoms with van der Waals surface area (Å²) in [6, 6.07) is 4.82.